The third kappa shape index (κ3) is 3.53. The Bertz CT molecular complexity index is 993. The first-order valence-corrected chi connectivity index (χ1v) is 10.1. The van der Waals surface area contributed by atoms with Gasteiger partial charge in [0.05, 0.1) is 11.4 Å². The SMILES string of the molecule is CC1CCN(C(=O)c2cc(-c3ccccc3)nc3cc(C(C)(C)C)nn23)CC1. The Balaban J connectivity index is 1.84. The third-order valence-corrected chi connectivity index (χ3v) is 5.56. The van der Waals surface area contributed by atoms with Crippen LogP contribution in [-0.4, -0.2) is 38.5 Å². The van der Waals surface area contributed by atoms with Gasteiger partial charge in [0.15, 0.2) is 5.65 Å². The van der Waals surface area contributed by atoms with E-state index in [-0.39, 0.29) is 11.3 Å². The molecule has 0 bridgehead atoms. The number of piperidine rings is 1. The molecule has 1 aliphatic rings. The standard InChI is InChI=1S/C23H28N4O/c1-16-10-12-26(13-11-16)22(28)19-14-18(17-8-6-5-7-9-17)24-21-15-20(23(2,3)4)25-27(19)21/h5-9,14-16H,10-13H2,1-4H3. The Labute approximate surface area is 166 Å². The molecule has 5 nitrogen and oxygen atoms in total. The van der Waals surface area contributed by atoms with E-state index >= 15 is 0 Å². The van der Waals surface area contributed by atoms with Gasteiger partial charge in [-0.15, -0.1) is 0 Å². The lowest BCUT2D eigenvalue weighted by molar-refractivity contribution is 0.0688. The zero-order valence-corrected chi connectivity index (χ0v) is 17.1. The molecule has 5 heteroatoms. The zero-order valence-electron chi connectivity index (χ0n) is 17.1. The lowest BCUT2D eigenvalue weighted by Crippen LogP contribution is -2.38. The molecule has 2 aromatic heterocycles. The number of benzene rings is 1. The lowest BCUT2D eigenvalue weighted by Gasteiger charge is -2.30. The Morgan fingerprint density at radius 1 is 1.07 bits per heavy atom. The molecule has 0 N–H and O–H groups in total. The van der Waals surface area contributed by atoms with E-state index in [0.29, 0.717) is 11.6 Å². The van der Waals surface area contributed by atoms with Gasteiger partial charge >= 0.3 is 0 Å². The molecular formula is C23H28N4O. The van der Waals surface area contributed by atoms with Crippen molar-refractivity contribution in [2.24, 2.45) is 5.92 Å². The number of carbonyl (C=O) groups excluding carboxylic acids is 1. The normalized spacial score (nSPS) is 15.9. The van der Waals surface area contributed by atoms with E-state index in [0.717, 1.165) is 48.5 Å². The van der Waals surface area contributed by atoms with Gasteiger partial charge in [0.2, 0.25) is 0 Å². The molecular weight excluding hydrogens is 348 g/mol. The van der Waals surface area contributed by atoms with Gasteiger partial charge in [0.25, 0.3) is 5.91 Å². The second kappa shape index (κ2) is 7.04. The van der Waals surface area contributed by atoms with Crippen molar-refractivity contribution in [1.82, 2.24) is 19.5 Å². The number of carbonyl (C=O) groups is 1. The molecule has 1 fully saturated rings. The number of aromatic nitrogens is 3. The number of amides is 1. The molecule has 28 heavy (non-hydrogen) atoms. The highest BCUT2D eigenvalue weighted by Crippen LogP contribution is 2.26. The Morgan fingerprint density at radius 3 is 2.39 bits per heavy atom. The number of hydrogen-bond acceptors (Lipinski definition) is 3. The highest BCUT2D eigenvalue weighted by Gasteiger charge is 2.26. The molecule has 0 unspecified atom stereocenters. The Morgan fingerprint density at radius 2 is 1.75 bits per heavy atom. The molecule has 0 radical (unpaired) electrons. The molecule has 0 aliphatic carbocycles. The van der Waals surface area contributed by atoms with Crippen LogP contribution >= 0.6 is 0 Å². The van der Waals surface area contributed by atoms with E-state index in [1.807, 2.05) is 47.4 Å². The summed E-state index contributed by atoms with van der Waals surface area (Å²) in [5, 5.41) is 4.76. The van der Waals surface area contributed by atoms with Gasteiger partial charge in [-0.1, -0.05) is 58.0 Å². The van der Waals surface area contributed by atoms with Crippen molar-refractivity contribution in [3.8, 4) is 11.3 Å². The van der Waals surface area contributed by atoms with Gasteiger partial charge < -0.3 is 4.90 Å². The van der Waals surface area contributed by atoms with Crippen molar-refractivity contribution in [3.05, 3.63) is 53.9 Å². The third-order valence-electron chi connectivity index (χ3n) is 5.56. The lowest BCUT2D eigenvalue weighted by atomic mass is 9.93. The van der Waals surface area contributed by atoms with Crippen LogP contribution in [0, 0.1) is 5.92 Å². The molecule has 0 atom stereocenters. The van der Waals surface area contributed by atoms with E-state index in [1.165, 1.54) is 0 Å². The fourth-order valence-electron chi connectivity index (χ4n) is 3.62. The van der Waals surface area contributed by atoms with Crippen LogP contribution < -0.4 is 0 Å². The van der Waals surface area contributed by atoms with E-state index in [4.69, 9.17) is 10.1 Å². The summed E-state index contributed by atoms with van der Waals surface area (Å²) in [5.41, 5.74) is 3.95. The largest absolute Gasteiger partial charge is 0.337 e. The van der Waals surface area contributed by atoms with Crippen molar-refractivity contribution in [3.63, 3.8) is 0 Å². The van der Waals surface area contributed by atoms with Gasteiger partial charge in [-0.25, -0.2) is 9.50 Å². The maximum Gasteiger partial charge on any atom is 0.272 e. The monoisotopic (exact) mass is 376 g/mol. The summed E-state index contributed by atoms with van der Waals surface area (Å²) in [6.07, 6.45) is 2.11. The number of fused-ring (bicyclic) bond motifs is 1. The fraction of sp³-hybridized carbons (Fsp3) is 0.435. The molecule has 4 rings (SSSR count). The Kier molecular flexibility index (Phi) is 4.69. The van der Waals surface area contributed by atoms with Crippen LogP contribution in [0.3, 0.4) is 0 Å². The summed E-state index contributed by atoms with van der Waals surface area (Å²) >= 11 is 0. The minimum atomic E-state index is -0.110. The molecule has 0 saturated carbocycles. The molecule has 1 aliphatic heterocycles. The van der Waals surface area contributed by atoms with Crippen LogP contribution in [0.4, 0.5) is 0 Å². The van der Waals surface area contributed by atoms with E-state index < -0.39 is 0 Å². The van der Waals surface area contributed by atoms with E-state index in [2.05, 4.69) is 27.7 Å². The summed E-state index contributed by atoms with van der Waals surface area (Å²) in [6.45, 7) is 10.2. The van der Waals surface area contributed by atoms with Crippen LogP contribution in [0.25, 0.3) is 16.9 Å². The van der Waals surface area contributed by atoms with Gasteiger partial charge in [-0.3, -0.25) is 4.79 Å². The molecule has 1 amide bonds. The van der Waals surface area contributed by atoms with Crippen molar-refractivity contribution >= 4 is 11.6 Å². The summed E-state index contributed by atoms with van der Waals surface area (Å²) in [7, 11) is 0. The van der Waals surface area contributed by atoms with Crippen molar-refractivity contribution < 1.29 is 4.79 Å². The maximum atomic E-state index is 13.4. The summed E-state index contributed by atoms with van der Waals surface area (Å²) in [5.74, 6) is 0.721. The van der Waals surface area contributed by atoms with Gasteiger partial charge in [-0.05, 0) is 24.8 Å². The zero-order chi connectivity index (χ0) is 19.9. The predicted octanol–water partition coefficient (Wildman–Crippen LogP) is 4.57. The van der Waals surface area contributed by atoms with Crippen molar-refractivity contribution in [1.29, 1.82) is 0 Å². The average molecular weight is 377 g/mol. The smallest absolute Gasteiger partial charge is 0.272 e. The topological polar surface area (TPSA) is 50.5 Å². The number of rotatable bonds is 2. The van der Waals surface area contributed by atoms with Crippen molar-refractivity contribution in [2.75, 3.05) is 13.1 Å². The molecule has 1 aromatic carbocycles. The molecule has 3 aromatic rings. The first-order chi connectivity index (χ1) is 13.3. The average Bonchev–Trinajstić information content (AvgIpc) is 3.13. The molecule has 0 spiro atoms. The van der Waals surface area contributed by atoms with Crippen LogP contribution in [-0.2, 0) is 5.41 Å². The number of hydrogen-bond donors (Lipinski definition) is 0. The van der Waals surface area contributed by atoms with Crippen LogP contribution in [0.15, 0.2) is 42.5 Å². The molecule has 1 saturated heterocycles. The van der Waals surface area contributed by atoms with Crippen LogP contribution in [0.2, 0.25) is 0 Å². The van der Waals surface area contributed by atoms with Gasteiger partial charge in [0, 0.05) is 30.1 Å². The van der Waals surface area contributed by atoms with E-state index in [9.17, 15) is 4.79 Å². The summed E-state index contributed by atoms with van der Waals surface area (Å²) in [6, 6.07) is 13.9. The highest BCUT2D eigenvalue weighted by molar-refractivity contribution is 5.94. The second-order valence-electron chi connectivity index (χ2n) is 8.92. The minimum absolute atomic E-state index is 0.0417. The molecule has 146 valence electrons. The quantitative estimate of drug-likeness (QED) is 0.658. The fourth-order valence-corrected chi connectivity index (χ4v) is 3.62. The minimum Gasteiger partial charge on any atom is -0.337 e. The number of nitrogens with zero attached hydrogens (tertiary/aromatic N) is 4. The van der Waals surface area contributed by atoms with E-state index in [1.54, 1.807) is 4.52 Å². The highest BCUT2D eigenvalue weighted by atomic mass is 16.2. The summed E-state index contributed by atoms with van der Waals surface area (Å²) < 4.78 is 1.73. The van der Waals surface area contributed by atoms with Crippen LogP contribution in [0.5, 0.6) is 0 Å². The maximum absolute atomic E-state index is 13.4. The first kappa shape index (κ1) is 18.7. The second-order valence-corrected chi connectivity index (χ2v) is 8.92. The predicted molar refractivity (Wildman–Crippen MR) is 111 cm³/mol. The molecule has 3 heterocycles. The van der Waals surface area contributed by atoms with Gasteiger partial charge in [0.1, 0.15) is 5.69 Å². The van der Waals surface area contributed by atoms with Crippen molar-refractivity contribution in [2.45, 2.75) is 46.0 Å². The Hall–Kier alpha value is -2.69. The first-order valence-electron chi connectivity index (χ1n) is 10.1. The summed E-state index contributed by atoms with van der Waals surface area (Å²) in [4.78, 5) is 20.2. The van der Waals surface area contributed by atoms with Gasteiger partial charge in [-0.2, -0.15) is 5.10 Å². The number of likely N-dealkylation sites (tertiary alicyclic amines) is 1. The van der Waals surface area contributed by atoms with Crippen LogP contribution in [0.1, 0.15) is 56.7 Å².